The summed E-state index contributed by atoms with van der Waals surface area (Å²) in [6, 6.07) is 0. The van der Waals surface area contributed by atoms with Crippen LogP contribution >= 0.6 is 0 Å². The van der Waals surface area contributed by atoms with Crippen molar-refractivity contribution in [1.82, 2.24) is 0 Å². The van der Waals surface area contributed by atoms with E-state index in [1.807, 2.05) is 0 Å². The molecule has 0 aromatic carbocycles. The Morgan fingerprint density at radius 3 is 2.83 bits per heavy atom. The Bertz CT molecular complexity index is 566. The monoisotopic (exact) mass is 316 g/mol. The van der Waals surface area contributed by atoms with Gasteiger partial charge in [-0.3, -0.25) is 0 Å². The highest BCUT2D eigenvalue weighted by Gasteiger charge is 2.77. The van der Waals surface area contributed by atoms with Gasteiger partial charge in [-0.25, -0.2) is 0 Å². The smallest absolute Gasteiger partial charge is 0.0580 e. The summed E-state index contributed by atoms with van der Waals surface area (Å²) in [4.78, 5) is 0. The van der Waals surface area contributed by atoms with Crippen molar-refractivity contribution in [1.29, 1.82) is 0 Å². The van der Waals surface area contributed by atoms with Crippen molar-refractivity contribution >= 4 is 0 Å². The molecule has 0 saturated heterocycles. The Balaban J connectivity index is 1.55. The SMILES string of the molecule is C[C@@H]1CC2=C(CC[C@H](O)C2)[C@H]2CC[C@]3(C)[C@H](CO)C[C@@H]4C[C@]43[C@H]12. The van der Waals surface area contributed by atoms with Crippen molar-refractivity contribution in [2.75, 3.05) is 6.61 Å². The Morgan fingerprint density at radius 1 is 1.22 bits per heavy atom. The largest absolute Gasteiger partial charge is 0.396 e. The van der Waals surface area contributed by atoms with Crippen LogP contribution in [0.3, 0.4) is 0 Å². The summed E-state index contributed by atoms with van der Waals surface area (Å²) >= 11 is 0. The molecule has 0 aromatic rings. The number of rotatable bonds is 1. The second-order valence-corrected chi connectivity index (χ2v) is 9.85. The second kappa shape index (κ2) is 4.64. The zero-order valence-corrected chi connectivity index (χ0v) is 14.7. The average molecular weight is 316 g/mol. The summed E-state index contributed by atoms with van der Waals surface area (Å²) in [5.74, 6) is 3.88. The molecule has 23 heavy (non-hydrogen) atoms. The molecule has 128 valence electrons. The molecule has 3 saturated carbocycles. The van der Waals surface area contributed by atoms with Gasteiger partial charge in [-0.15, -0.1) is 0 Å². The first-order valence-corrected chi connectivity index (χ1v) is 10.0. The summed E-state index contributed by atoms with van der Waals surface area (Å²) in [5.41, 5.74) is 4.35. The molecule has 0 aliphatic heterocycles. The molecule has 5 rings (SSSR count). The van der Waals surface area contributed by atoms with Crippen molar-refractivity contribution in [2.24, 2.45) is 40.4 Å². The lowest BCUT2D eigenvalue weighted by molar-refractivity contribution is -0.0581. The number of hydrogen-bond donors (Lipinski definition) is 2. The van der Waals surface area contributed by atoms with Gasteiger partial charge in [-0.05, 0) is 91.8 Å². The summed E-state index contributed by atoms with van der Waals surface area (Å²) in [6.45, 7) is 5.42. The van der Waals surface area contributed by atoms with Crippen LogP contribution in [0, 0.1) is 40.4 Å². The number of aliphatic hydroxyl groups excluding tert-OH is 2. The molecular weight excluding hydrogens is 284 g/mol. The minimum atomic E-state index is -0.0801. The Kier molecular flexibility index (Phi) is 3.01. The van der Waals surface area contributed by atoms with Crippen LogP contribution in [0.4, 0.5) is 0 Å². The van der Waals surface area contributed by atoms with Crippen LogP contribution in [0.25, 0.3) is 0 Å². The summed E-state index contributed by atoms with van der Waals surface area (Å²) in [6.07, 6.45) is 9.65. The van der Waals surface area contributed by atoms with E-state index in [1.165, 1.54) is 32.1 Å². The maximum Gasteiger partial charge on any atom is 0.0580 e. The van der Waals surface area contributed by atoms with Gasteiger partial charge in [0, 0.05) is 6.61 Å². The first-order valence-electron chi connectivity index (χ1n) is 10.0. The first kappa shape index (κ1) is 15.0. The van der Waals surface area contributed by atoms with Crippen LogP contribution < -0.4 is 0 Å². The van der Waals surface area contributed by atoms with Crippen molar-refractivity contribution in [3.63, 3.8) is 0 Å². The van der Waals surface area contributed by atoms with Crippen LogP contribution in [0.2, 0.25) is 0 Å². The van der Waals surface area contributed by atoms with Crippen LogP contribution in [0.1, 0.15) is 65.2 Å². The summed E-state index contributed by atoms with van der Waals surface area (Å²) in [7, 11) is 0. The van der Waals surface area contributed by atoms with Crippen LogP contribution in [-0.4, -0.2) is 22.9 Å². The normalized spacial score (nSPS) is 57.4. The summed E-state index contributed by atoms with van der Waals surface area (Å²) < 4.78 is 0. The third-order valence-electron chi connectivity index (χ3n) is 9.22. The molecule has 5 aliphatic carbocycles. The van der Waals surface area contributed by atoms with Gasteiger partial charge in [-0.1, -0.05) is 25.0 Å². The van der Waals surface area contributed by atoms with Crippen molar-refractivity contribution in [2.45, 2.75) is 71.3 Å². The summed E-state index contributed by atoms with van der Waals surface area (Å²) in [5, 5.41) is 20.0. The van der Waals surface area contributed by atoms with Gasteiger partial charge in [0.2, 0.25) is 0 Å². The Morgan fingerprint density at radius 2 is 2.04 bits per heavy atom. The minimum Gasteiger partial charge on any atom is -0.396 e. The zero-order chi connectivity index (χ0) is 16.0. The van der Waals surface area contributed by atoms with E-state index in [0.717, 1.165) is 42.9 Å². The predicted molar refractivity (Wildman–Crippen MR) is 90.7 cm³/mol. The van der Waals surface area contributed by atoms with Gasteiger partial charge in [-0.2, -0.15) is 0 Å². The van der Waals surface area contributed by atoms with E-state index in [2.05, 4.69) is 13.8 Å². The van der Waals surface area contributed by atoms with Gasteiger partial charge in [0.1, 0.15) is 0 Å². The molecule has 0 unspecified atom stereocenters. The fourth-order valence-electron chi connectivity index (χ4n) is 8.31. The quantitative estimate of drug-likeness (QED) is 0.720. The van der Waals surface area contributed by atoms with E-state index >= 15 is 0 Å². The van der Waals surface area contributed by atoms with Gasteiger partial charge >= 0.3 is 0 Å². The molecule has 5 aliphatic rings. The van der Waals surface area contributed by atoms with Gasteiger partial charge in [0.05, 0.1) is 6.10 Å². The lowest BCUT2D eigenvalue weighted by Crippen LogP contribution is -2.50. The maximum absolute atomic E-state index is 10.1. The van der Waals surface area contributed by atoms with E-state index in [4.69, 9.17) is 0 Å². The highest BCUT2D eigenvalue weighted by molar-refractivity contribution is 5.33. The highest BCUT2D eigenvalue weighted by Crippen LogP contribution is 2.83. The Hall–Kier alpha value is -0.340. The topological polar surface area (TPSA) is 40.5 Å². The van der Waals surface area contributed by atoms with Crippen LogP contribution in [-0.2, 0) is 0 Å². The van der Waals surface area contributed by atoms with E-state index in [-0.39, 0.29) is 6.10 Å². The van der Waals surface area contributed by atoms with Crippen molar-refractivity contribution < 1.29 is 10.2 Å². The average Bonchev–Trinajstić information content (AvgIpc) is 3.17. The molecule has 8 atom stereocenters. The number of fused-ring (bicyclic) bond motifs is 2. The molecule has 1 spiro atoms. The van der Waals surface area contributed by atoms with E-state index in [0.29, 0.717) is 23.4 Å². The van der Waals surface area contributed by atoms with Crippen molar-refractivity contribution in [3.05, 3.63) is 11.1 Å². The van der Waals surface area contributed by atoms with Gasteiger partial charge < -0.3 is 10.2 Å². The Labute approximate surface area is 140 Å². The molecule has 0 radical (unpaired) electrons. The first-order chi connectivity index (χ1) is 11.0. The number of aliphatic hydroxyl groups is 2. The third kappa shape index (κ3) is 1.68. The molecule has 2 heteroatoms. The van der Waals surface area contributed by atoms with Gasteiger partial charge in [0.25, 0.3) is 0 Å². The standard InChI is InChI=1S/C21H32O2/c1-12-7-13-8-16(23)3-4-17(13)18-5-6-20(2)15(11-22)9-14-10-21(14,20)19(12)18/h12,14-16,18-19,22-23H,3-11H2,1-2H3/t12-,14-,15+,16+,18-,19-,20-,21-/m1/s1. The molecule has 3 fully saturated rings. The minimum absolute atomic E-state index is 0.0801. The highest BCUT2D eigenvalue weighted by atomic mass is 16.3. The molecule has 2 N–H and O–H groups in total. The molecular formula is C21H32O2. The maximum atomic E-state index is 10.1. The fourth-order valence-corrected chi connectivity index (χ4v) is 8.31. The lowest BCUT2D eigenvalue weighted by Gasteiger charge is -2.57. The van der Waals surface area contributed by atoms with Crippen LogP contribution in [0.5, 0.6) is 0 Å². The van der Waals surface area contributed by atoms with Crippen LogP contribution in [0.15, 0.2) is 11.1 Å². The molecule has 0 amide bonds. The van der Waals surface area contributed by atoms with E-state index in [9.17, 15) is 10.2 Å². The predicted octanol–water partition coefficient (Wildman–Crippen LogP) is 3.92. The van der Waals surface area contributed by atoms with Crippen molar-refractivity contribution in [3.8, 4) is 0 Å². The molecule has 2 nitrogen and oxygen atoms in total. The van der Waals surface area contributed by atoms with E-state index < -0.39 is 0 Å². The molecule has 0 bridgehead atoms. The van der Waals surface area contributed by atoms with Gasteiger partial charge in [0.15, 0.2) is 0 Å². The zero-order valence-electron chi connectivity index (χ0n) is 14.7. The number of hydrogen-bond acceptors (Lipinski definition) is 2. The molecule has 0 aromatic heterocycles. The third-order valence-corrected chi connectivity index (χ3v) is 9.22. The van der Waals surface area contributed by atoms with E-state index in [1.54, 1.807) is 11.1 Å². The fraction of sp³-hybridized carbons (Fsp3) is 0.905. The molecule has 0 heterocycles. The second-order valence-electron chi connectivity index (χ2n) is 9.85. The lowest BCUT2D eigenvalue weighted by atomic mass is 9.48. The number of allylic oxidation sites excluding steroid dienone is 1.